The lowest BCUT2D eigenvalue weighted by atomic mass is 10.1. The first kappa shape index (κ1) is 12.2. The van der Waals surface area contributed by atoms with Gasteiger partial charge in [-0.15, -0.1) is 0 Å². The number of hydrogen-bond donors (Lipinski definition) is 1. The molecule has 1 aromatic rings. The van der Waals surface area contributed by atoms with E-state index in [1.165, 1.54) is 18.4 Å². The molecule has 1 fully saturated rings. The van der Waals surface area contributed by atoms with E-state index in [2.05, 4.69) is 12.2 Å². The van der Waals surface area contributed by atoms with Crippen LogP contribution in [-0.4, -0.2) is 6.54 Å². The van der Waals surface area contributed by atoms with Gasteiger partial charge >= 0.3 is 0 Å². The van der Waals surface area contributed by atoms with Crippen molar-refractivity contribution >= 4 is 23.2 Å². The summed E-state index contributed by atoms with van der Waals surface area (Å²) in [5.41, 5.74) is 1.19. The first-order valence-electron chi connectivity index (χ1n) is 5.81. The third-order valence-electron chi connectivity index (χ3n) is 3.21. The summed E-state index contributed by atoms with van der Waals surface area (Å²) in [6.07, 6.45) is 2.82. The molecule has 0 saturated heterocycles. The molecule has 1 aliphatic rings. The van der Waals surface area contributed by atoms with E-state index in [-0.39, 0.29) is 0 Å². The Kier molecular flexibility index (Phi) is 4.12. The predicted molar refractivity (Wildman–Crippen MR) is 70.1 cm³/mol. The Morgan fingerprint density at radius 3 is 2.69 bits per heavy atom. The molecule has 0 spiro atoms. The molecular formula is C13H17Cl2N. The molecule has 1 aromatic carbocycles. The van der Waals surface area contributed by atoms with Gasteiger partial charge in [-0.2, -0.15) is 0 Å². The molecule has 2 rings (SSSR count). The maximum atomic E-state index is 5.96. The average Bonchev–Trinajstić information content (AvgIpc) is 3.07. The zero-order valence-corrected chi connectivity index (χ0v) is 11.0. The van der Waals surface area contributed by atoms with E-state index >= 15 is 0 Å². The zero-order chi connectivity index (χ0) is 11.5. The molecule has 16 heavy (non-hydrogen) atoms. The van der Waals surface area contributed by atoms with Crippen molar-refractivity contribution in [2.75, 3.05) is 6.54 Å². The van der Waals surface area contributed by atoms with E-state index in [1.54, 1.807) is 0 Å². The zero-order valence-electron chi connectivity index (χ0n) is 9.47. The second-order valence-corrected chi connectivity index (χ2v) is 5.51. The normalized spacial score (nSPS) is 17.4. The Hall–Kier alpha value is -0.240. The fourth-order valence-corrected chi connectivity index (χ4v) is 2.25. The van der Waals surface area contributed by atoms with Crippen LogP contribution in [0.1, 0.15) is 25.3 Å². The van der Waals surface area contributed by atoms with Gasteiger partial charge in [0.15, 0.2) is 0 Å². The standard InChI is InChI=1S/C13H17Cl2N/c1-9(11-3-4-11)7-16-8-10-2-5-12(14)13(15)6-10/h2,5-6,9,11,16H,3-4,7-8H2,1H3. The topological polar surface area (TPSA) is 12.0 Å². The van der Waals surface area contributed by atoms with Crippen molar-refractivity contribution in [3.8, 4) is 0 Å². The molecule has 0 heterocycles. The minimum Gasteiger partial charge on any atom is -0.312 e. The van der Waals surface area contributed by atoms with Gasteiger partial charge in [-0.05, 0) is 48.9 Å². The first-order valence-corrected chi connectivity index (χ1v) is 6.57. The van der Waals surface area contributed by atoms with Gasteiger partial charge in [-0.1, -0.05) is 36.2 Å². The van der Waals surface area contributed by atoms with Crippen molar-refractivity contribution in [3.05, 3.63) is 33.8 Å². The monoisotopic (exact) mass is 257 g/mol. The fraction of sp³-hybridized carbons (Fsp3) is 0.538. The lowest BCUT2D eigenvalue weighted by molar-refractivity contribution is 0.461. The first-order chi connectivity index (χ1) is 7.66. The average molecular weight is 258 g/mol. The van der Waals surface area contributed by atoms with Crippen molar-refractivity contribution in [1.82, 2.24) is 5.32 Å². The second-order valence-electron chi connectivity index (χ2n) is 4.69. The third kappa shape index (κ3) is 3.38. The van der Waals surface area contributed by atoms with Crippen LogP contribution >= 0.6 is 23.2 Å². The third-order valence-corrected chi connectivity index (χ3v) is 3.95. The molecule has 0 radical (unpaired) electrons. The van der Waals surface area contributed by atoms with Crippen molar-refractivity contribution in [2.24, 2.45) is 11.8 Å². The van der Waals surface area contributed by atoms with Crippen LogP contribution in [0.3, 0.4) is 0 Å². The molecule has 0 aliphatic heterocycles. The van der Waals surface area contributed by atoms with Crippen LogP contribution in [0.2, 0.25) is 10.0 Å². The van der Waals surface area contributed by atoms with E-state index in [9.17, 15) is 0 Å². The highest BCUT2D eigenvalue weighted by atomic mass is 35.5. The molecule has 1 aliphatic carbocycles. The molecule has 1 atom stereocenters. The SMILES string of the molecule is CC(CNCc1ccc(Cl)c(Cl)c1)C1CC1. The van der Waals surface area contributed by atoms with Crippen LogP contribution < -0.4 is 5.32 Å². The van der Waals surface area contributed by atoms with Gasteiger partial charge in [-0.25, -0.2) is 0 Å². The van der Waals surface area contributed by atoms with Crippen LogP contribution in [0.25, 0.3) is 0 Å². The maximum absolute atomic E-state index is 5.96. The summed E-state index contributed by atoms with van der Waals surface area (Å²) >= 11 is 11.8. The summed E-state index contributed by atoms with van der Waals surface area (Å²) in [6, 6.07) is 5.80. The minimum absolute atomic E-state index is 0.622. The number of halogens is 2. The Labute approximate surface area is 107 Å². The van der Waals surface area contributed by atoms with Crippen molar-refractivity contribution in [3.63, 3.8) is 0 Å². The summed E-state index contributed by atoms with van der Waals surface area (Å²) in [5, 5.41) is 4.73. The summed E-state index contributed by atoms with van der Waals surface area (Å²) in [4.78, 5) is 0. The van der Waals surface area contributed by atoms with E-state index in [0.29, 0.717) is 10.0 Å². The Balaban J connectivity index is 1.78. The predicted octanol–water partition coefficient (Wildman–Crippen LogP) is 4.13. The van der Waals surface area contributed by atoms with E-state index < -0.39 is 0 Å². The minimum atomic E-state index is 0.622. The van der Waals surface area contributed by atoms with Crippen LogP contribution in [0.5, 0.6) is 0 Å². The molecule has 1 unspecified atom stereocenters. The van der Waals surface area contributed by atoms with Crippen molar-refractivity contribution in [1.29, 1.82) is 0 Å². The maximum Gasteiger partial charge on any atom is 0.0595 e. The van der Waals surface area contributed by atoms with Crippen LogP contribution in [0, 0.1) is 11.8 Å². The highest BCUT2D eigenvalue weighted by molar-refractivity contribution is 6.42. The Morgan fingerprint density at radius 2 is 2.06 bits per heavy atom. The summed E-state index contributed by atoms with van der Waals surface area (Å²) in [7, 11) is 0. The van der Waals surface area contributed by atoms with Gasteiger partial charge in [0.2, 0.25) is 0 Å². The molecular weight excluding hydrogens is 241 g/mol. The highest BCUT2D eigenvalue weighted by Gasteiger charge is 2.27. The van der Waals surface area contributed by atoms with Crippen LogP contribution in [0.4, 0.5) is 0 Å². The van der Waals surface area contributed by atoms with Gasteiger partial charge in [0.05, 0.1) is 10.0 Å². The van der Waals surface area contributed by atoms with Gasteiger partial charge in [0.1, 0.15) is 0 Å². The van der Waals surface area contributed by atoms with Crippen molar-refractivity contribution < 1.29 is 0 Å². The molecule has 0 aromatic heterocycles. The lowest BCUT2D eigenvalue weighted by Gasteiger charge is -2.11. The number of benzene rings is 1. The van der Waals surface area contributed by atoms with Gasteiger partial charge < -0.3 is 5.32 Å². The Bertz CT molecular complexity index is 361. The lowest BCUT2D eigenvalue weighted by Crippen LogP contribution is -2.21. The highest BCUT2D eigenvalue weighted by Crippen LogP contribution is 2.36. The molecule has 1 N–H and O–H groups in total. The largest absolute Gasteiger partial charge is 0.312 e. The fourth-order valence-electron chi connectivity index (χ4n) is 1.93. The summed E-state index contributed by atoms with van der Waals surface area (Å²) < 4.78 is 0. The van der Waals surface area contributed by atoms with E-state index in [1.807, 2.05) is 18.2 Å². The molecule has 0 bridgehead atoms. The van der Waals surface area contributed by atoms with Crippen LogP contribution in [0.15, 0.2) is 18.2 Å². The van der Waals surface area contributed by atoms with Gasteiger partial charge in [0, 0.05) is 6.54 Å². The van der Waals surface area contributed by atoms with Crippen LogP contribution in [-0.2, 0) is 6.54 Å². The number of rotatable bonds is 5. The molecule has 1 nitrogen and oxygen atoms in total. The smallest absolute Gasteiger partial charge is 0.0595 e. The molecule has 88 valence electrons. The number of hydrogen-bond acceptors (Lipinski definition) is 1. The Morgan fingerprint density at radius 1 is 1.31 bits per heavy atom. The number of nitrogens with one attached hydrogen (secondary N) is 1. The quantitative estimate of drug-likeness (QED) is 0.837. The summed E-state index contributed by atoms with van der Waals surface area (Å²) in [5.74, 6) is 1.75. The van der Waals surface area contributed by atoms with E-state index in [4.69, 9.17) is 23.2 Å². The second kappa shape index (κ2) is 5.39. The summed E-state index contributed by atoms with van der Waals surface area (Å²) in [6.45, 7) is 4.28. The van der Waals surface area contributed by atoms with Gasteiger partial charge in [-0.3, -0.25) is 0 Å². The van der Waals surface area contributed by atoms with E-state index in [0.717, 1.165) is 24.9 Å². The molecule has 1 saturated carbocycles. The molecule has 3 heteroatoms. The molecule has 0 amide bonds. The van der Waals surface area contributed by atoms with Crippen molar-refractivity contribution in [2.45, 2.75) is 26.3 Å². The van der Waals surface area contributed by atoms with Gasteiger partial charge in [0.25, 0.3) is 0 Å².